The van der Waals surface area contributed by atoms with Crippen molar-refractivity contribution in [1.82, 2.24) is 4.98 Å². The topological polar surface area (TPSA) is 68.3 Å². The lowest BCUT2D eigenvalue weighted by molar-refractivity contribution is 0.317. The van der Waals surface area contributed by atoms with Crippen LogP contribution in [0.15, 0.2) is 29.2 Å². The van der Waals surface area contributed by atoms with E-state index in [2.05, 4.69) is 9.71 Å². The minimum atomic E-state index is -3.61. The summed E-state index contributed by atoms with van der Waals surface area (Å²) in [5.74, 6) is 0.664. The molecule has 0 atom stereocenters. The van der Waals surface area contributed by atoms with Crippen molar-refractivity contribution in [2.75, 3.05) is 11.3 Å². The third-order valence-electron chi connectivity index (χ3n) is 2.86. The number of anilines is 1. The van der Waals surface area contributed by atoms with E-state index in [1.54, 1.807) is 12.1 Å². The van der Waals surface area contributed by atoms with E-state index in [0.29, 0.717) is 17.5 Å². The maximum atomic E-state index is 12.3. The highest BCUT2D eigenvalue weighted by Crippen LogP contribution is 2.24. The van der Waals surface area contributed by atoms with Crippen LogP contribution in [-0.4, -0.2) is 20.0 Å². The molecule has 0 aliphatic carbocycles. The molecule has 0 amide bonds. The molecule has 0 unspecified atom stereocenters. The fourth-order valence-electron chi connectivity index (χ4n) is 1.63. The highest BCUT2D eigenvalue weighted by Gasteiger charge is 2.16. The van der Waals surface area contributed by atoms with Gasteiger partial charge in [0, 0.05) is 4.88 Å². The Morgan fingerprint density at radius 3 is 2.43 bits per heavy atom. The molecule has 21 heavy (non-hydrogen) atoms. The van der Waals surface area contributed by atoms with E-state index in [1.165, 1.54) is 23.5 Å². The zero-order valence-electron chi connectivity index (χ0n) is 12.2. The van der Waals surface area contributed by atoms with Crippen LogP contribution < -0.4 is 9.46 Å². The second-order valence-electron chi connectivity index (χ2n) is 4.59. The van der Waals surface area contributed by atoms with Crippen molar-refractivity contribution in [2.24, 2.45) is 0 Å². The molecule has 114 valence electrons. The maximum absolute atomic E-state index is 12.3. The molecule has 0 aliphatic rings. The summed E-state index contributed by atoms with van der Waals surface area (Å²) in [6.07, 6.45) is 0.907. The lowest BCUT2D eigenvalue weighted by Crippen LogP contribution is -2.12. The molecule has 1 aromatic heterocycles. The minimum absolute atomic E-state index is 0.192. The Morgan fingerprint density at radius 2 is 1.90 bits per heavy atom. The van der Waals surface area contributed by atoms with E-state index >= 15 is 0 Å². The van der Waals surface area contributed by atoms with E-state index in [4.69, 9.17) is 4.74 Å². The molecule has 0 radical (unpaired) electrons. The third-order valence-corrected chi connectivity index (χ3v) is 5.33. The number of aryl methyl sites for hydroxylation is 2. The van der Waals surface area contributed by atoms with E-state index in [9.17, 15) is 8.42 Å². The number of benzene rings is 1. The molecule has 5 nitrogen and oxygen atoms in total. The number of hydrogen-bond acceptors (Lipinski definition) is 5. The molecule has 1 aromatic carbocycles. The van der Waals surface area contributed by atoms with Crippen LogP contribution in [0.3, 0.4) is 0 Å². The minimum Gasteiger partial charge on any atom is -0.494 e. The zero-order chi connectivity index (χ0) is 15.5. The first kappa shape index (κ1) is 15.8. The van der Waals surface area contributed by atoms with Crippen LogP contribution in [-0.2, 0) is 10.0 Å². The van der Waals surface area contributed by atoms with Gasteiger partial charge in [-0.25, -0.2) is 13.4 Å². The van der Waals surface area contributed by atoms with Crippen LogP contribution >= 0.6 is 11.3 Å². The van der Waals surface area contributed by atoms with Gasteiger partial charge in [0.15, 0.2) is 5.13 Å². The van der Waals surface area contributed by atoms with Crippen molar-refractivity contribution in [3.05, 3.63) is 34.8 Å². The number of sulfonamides is 1. The van der Waals surface area contributed by atoms with Crippen molar-refractivity contribution in [2.45, 2.75) is 32.1 Å². The lowest BCUT2D eigenvalue weighted by Gasteiger charge is -2.07. The quantitative estimate of drug-likeness (QED) is 0.884. The molecule has 2 aromatic rings. The Balaban J connectivity index is 2.15. The first-order valence-electron chi connectivity index (χ1n) is 6.62. The van der Waals surface area contributed by atoms with Crippen LogP contribution in [0.2, 0.25) is 0 Å². The molecule has 0 saturated heterocycles. The second-order valence-corrected chi connectivity index (χ2v) is 7.47. The summed E-state index contributed by atoms with van der Waals surface area (Å²) in [5, 5.41) is 0.385. The average molecular weight is 326 g/mol. The molecular weight excluding hydrogens is 308 g/mol. The van der Waals surface area contributed by atoms with Gasteiger partial charge in [0.05, 0.1) is 17.2 Å². The molecule has 1 N–H and O–H groups in total. The molecule has 0 aliphatic heterocycles. The number of ether oxygens (including phenoxy) is 1. The fraction of sp³-hybridized carbons (Fsp3) is 0.357. The van der Waals surface area contributed by atoms with Crippen molar-refractivity contribution in [3.63, 3.8) is 0 Å². The van der Waals surface area contributed by atoms with Gasteiger partial charge in [-0.2, -0.15) is 0 Å². The van der Waals surface area contributed by atoms with Gasteiger partial charge in [0.25, 0.3) is 10.0 Å². The Bertz CT molecular complexity index is 687. The van der Waals surface area contributed by atoms with Gasteiger partial charge in [-0.1, -0.05) is 6.92 Å². The van der Waals surface area contributed by atoms with E-state index < -0.39 is 10.0 Å². The smallest absolute Gasteiger partial charge is 0.263 e. The standard InChI is InChI=1S/C14H18N2O3S2/c1-4-9-19-12-5-7-13(8-6-12)21(17,18)16-14-15-10(2)11(3)20-14/h5-8H,4,9H2,1-3H3,(H,15,16). The molecule has 0 bridgehead atoms. The molecule has 2 rings (SSSR count). The summed E-state index contributed by atoms with van der Waals surface area (Å²) < 4.78 is 32.5. The number of thiazole rings is 1. The summed E-state index contributed by atoms with van der Waals surface area (Å²) in [7, 11) is -3.61. The van der Waals surface area contributed by atoms with Gasteiger partial charge in [0.1, 0.15) is 5.75 Å². The third kappa shape index (κ3) is 3.95. The summed E-state index contributed by atoms with van der Waals surface area (Å²) in [6.45, 7) is 6.39. The lowest BCUT2D eigenvalue weighted by atomic mass is 10.3. The van der Waals surface area contributed by atoms with Crippen LogP contribution in [0.1, 0.15) is 23.9 Å². The number of nitrogens with zero attached hydrogens (tertiary/aromatic N) is 1. The number of nitrogens with one attached hydrogen (secondary N) is 1. The van der Waals surface area contributed by atoms with Gasteiger partial charge in [-0.15, -0.1) is 11.3 Å². The first-order chi connectivity index (χ1) is 9.92. The summed E-state index contributed by atoms with van der Waals surface area (Å²) in [4.78, 5) is 5.37. The highest BCUT2D eigenvalue weighted by atomic mass is 32.2. The molecular formula is C14H18N2O3S2. The van der Waals surface area contributed by atoms with Crippen molar-refractivity contribution >= 4 is 26.5 Å². The van der Waals surface area contributed by atoms with E-state index in [-0.39, 0.29) is 4.90 Å². The summed E-state index contributed by atoms with van der Waals surface area (Å²) in [6, 6.07) is 6.37. The molecule has 7 heteroatoms. The molecule has 0 spiro atoms. The predicted molar refractivity (Wildman–Crippen MR) is 84.6 cm³/mol. The molecule has 1 heterocycles. The SMILES string of the molecule is CCCOc1ccc(S(=O)(=O)Nc2nc(C)c(C)s2)cc1. The second kappa shape index (κ2) is 6.44. The van der Waals surface area contributed by atoms with Crippen LogP contribution in [0.4, 0.5) is 5.13 Å². The largest absolute Gasteiger partial charge is 0.494 e. The Labute approximate surface area is 129 Å². The maximum Gasteiger partial charge on any atom is 0.263 e. The number of rotatable bonds is 6. The molecule has 0 fully saturated rings. The Hall–Kier alpha value is -1.60. The number of aromatic nitrogens is 1. The van der Waals surface area contributed by atoms with Crippen LogP contribution in [0.25, 0.3) is 0 Å². The molecule has 0 saturated carbocycles. The van der Waals surface area contributed by atoms with Crippen molar-refractivity contribution in [3.8, 4) is 5.75 Å². The van der Waals surface area contributed by atoms with E-state index in [0.717, 1.165) is 17.0 Å². The highest BCUT2D eigenvalue weighted by molar-refractivity contribution is 7.93. The van der Waals surface area contributed by atoms with Gasteiger partial charge >= 0.3 is 0 Å². The summed E-state index contributed by atoms with van der Waals surface area (Å²) >= 11 is 1.32. The normalized spacial score (nSPS) is 11.4. The van der Waals surface area contributed by atoms with E-state index in [1.807, 2.05) is 20.8 Å². The number of hydrogen-bond donors (Lipinski definition) is 1. The van der Waals surface area contributed by atoms with Crippen molar-refractivity contribution < 1.29 is 13.2 Å². The van der Waals surface area contributed by atoms with Crippen molar-refractivity contribution in [1.29, 1.82) is 0 Å². The van der Waals surface area contributed by atoms with Gasteiger partial charge in [-0.3, -0.25) is 4.72 Å². The van der Waals surface area contributed by atoms with Gasteiger partial charge < -0.3 is 4.74 Å². The zero-order valence-corrected chi connectivity index (χ0v) is 13.8. The Morgan fingerprint density at radius 1 is 1.24 bits per heavy atom. The van der Waals surface area contributed by atoms with Gasteiger partial charge in [0.2, 0.25) is 0 Å². The van der Waals surface area contributed by atoms with Crippen LogP contribution in [0, 0.1) is 13.8 Å². The average Bonchev–Trinajstić information content (AvgIpc) is 2.74. The summed E-state index contributed by atoms with van der Waals surface area (Å²) in [5.41, 5.74) is 0.834. The Kier molecular flexibility index (Phi) is 4.84. The predicted octanol–water partition coefficient (Wildman–Crippen LogP) is 3.35. The first-order valence-corrected chi connectivity index (χ1v) is 8.92. The monoisotopic (exact) mass is 326 g/mol. The van der Waals surface area contributed by atoms with Gasteiger partial charge in [-0.05, 0) is 44.5 Å². The fourth-order valence-corrected chi connectivity index (χ4v) is 3.67. The van der Waals surface area contributed by atoms with Crippen LogP contribution in [0.5, 0.6) is 5.75 Å².